The minimum atomic E-state index is 0. The molecule has 1 heteroatoms. The number of hydrogen-bond acceptors (Lipinski definition) is 0. The van der Waals surface area contributed by atoms with Gasteiger partial charge in [0, 0.05) is 0 Å². The van der Waals surface area contributed by atoms with E-state index in [1.54, 1.807) is 0 Å². The Morgan fingerprint density at radius 2 is 0.769 bits per heavy atom. The Hall–Kier alpha value is -0.326. The molecule has 0 heterocycles. The molecule has 0 nitrogen and oxygen atoms in total. The predicted octanol–water partition coefficient (Wildman–Crippen LogP) is 3.90. The molecule has 0 N–H and O–H groups in total. The van der Waals surface area contributed by atoms with Gasteiger partial charge in [-0.15, -0.1) is 0 Å². The van der Waals surface area contributed by atoms with Crippen LogP contribution in [-0.2, 0) is 21.7 Å². The van der Waals surface area contributed by atoms with E-state index in [9.17, 15) is 0 Å². The molecule has 0 aromatic rings. The molecule has 2 rings (SSSR count). The summed E-state index contributed by atoms with van der Waals surface area (Å²) in [5, 5.41) is 0. The Morgan fingerprint density at radius 3 is 0.846 bits per heavy atom. The van der Waals surface area contributed by atoms with Gasteiger partial charge in [0.25, 0.3) is 0 Å². The minimum absolute atomic E-state index is 0. The van der Waals surface area contributed by atoms with Crippen LogP contribution in [-0.4, -0.2) is 0 Å². The summed E-state index contributed by atoms with van der Waals surface area (Å²) in [6, 6.07) is 0. The van der Waals surface area contributed by atoms with Crippen molar-refractivity contribution in [2.75, 3.05) is 0 Å². The molecule has 0 spiro atoms. The standard InChI is InChI=1S/2C5H6.2CH3.Ti/c2*1-2-4-5-3-1;;;/h2*1-4H,5H2;2*1H3;/q;;2*-1;+2. The SMILES string of the molecule is C1=CCC=C1.C1=CCC=C1.[CH3-].[CH3-].[Ti+2]. The maximum atomic E-state index is 2.12. The van der Waals surface area contributed by atoms with Crippen molar-refractivity contribution in [1.29, 1.82) is 0 Å². The Morgan fingerprint density at radius 1 is 0.538 bits per heavy atom. The average molecular weight is 210 g/mol. The molecule has 2 aliphatic rings. The van der Waals surface area contributed by atoms with Crippen molar-refractivity contribution in [1.82, 2.24) is 0 Å². The van der Waals surface area contributed by atoms with Gasteiger partial charge in [-0.1, -0.05) is 48.6 Å². The Bertz CT molecular complexity index is 143. The van der Waals surface area contributed by atoms with Gasteiger partial charge in [0.05, 0.1) is 0 Å². The number of allylic oxidation sites excluding steroid dienone is 8. The molecule has 0 fully saturated rings. The van der Waals surface area contributed by atoms with Crippen molar-refractivity contribution in [2.24, 2.45) is 0 Å². The van der Waals surface area contributed by atoms with Gasteiger partial charge in [0.2, 0.25) is 0 Å². The van der Waals surface area contributed by atoms with E-state index in [1.165, 1.54) is 0 Å². The summed E-state index contributed by atoms with van der Waals surface area (Å²) in [6.45, 7) is 0. The van der Waals surface area contributed by atoms with E-state index in [0.29, 0.717) is 0 Å². The first-order valence-electron chi connectivity index (χ1n) is 3.63. The first-order chi connectivity index (χ1) is 5.00. The number of hydrogen-bond donors (Lipinski definition) is 0. The molecule has 0 saturated carbocycles. The van der Waals surface area contributed by atoms with Crippen LogP contribution in [0.4, 0.5) is 0 Å². The summed E-state index contributed by atoms with van der Waals surface area (Å²) in [5.41, 5.74) is 0. The third-order valence-corrected chi connectivity index (χ3v) is 1.31. The van der Waals surface area contributed by atoms with Gasteiger partial charge in [-0.3, -0.25) is 0 Å². The van der Waals surface area contributed by atoms with E-state index in [4.69, 9.17) is 0 Å². The molecule has 70 valence electrons. The van der Waals surface area contributed by atoms with Crippen molar-refractivity contribution in [3.05, 3.63) is 63.5 Å². The van der Waals surface area contributed by atoms with Crippen molar-refractivity contribution in [3.8, 4) is 0 Å². The van der Waals surface area contributed by atoms with Gasteiger partial charge in [0.15, 0.2) is 0 Å². The van der Waals surface area contributed by atoms with E-state index in [0.717, 1.165) is 12.8 Å². The van der Waals surface area contributed by atoms with E-state index in [2.05, 4.69) is 48.6 Å². The van der Waals surface area contributed by atoms with Gasteiger partial charge >= 0.3 is 21.7 Å². The van der Waals surface area contributed by atoms with Crippen LogP contribution in [0.5, 0.6) is 0 Å². The molecule has 2 aliphatic carbocycles. The molecule has 0 amide bonds. The summed E-state index contributed by atoms with van der Waals surface area (Å²) in [7, 11) is 0. The van der Waals surface area contributed by atoms with Crippen molar-refractivity contribution in [3.63, 3.8) is 0 Å². The smallest absolute Gasteiger partial charge is 0.358 e. The molecule has 0 bridgehead atoms. The molecule has 0 aliphatic heterocycles. The molecule has 13 heavy (non-hydrogen) atoms. The van der Waals surface area contributed by atoms with Crippen LogP contribution in [0.1, 0.15) is 12.8 Å². The number of rotatable bonds is 0. The van der Waals surface area contributed by atoms with Crippen LogP contribution >= 0.6 is 0 Å². The fourth-order valence-electron chi connectivity index (χ4n) is 0.786. The monoisotopic (exact) mass is 210 g/mol. The van der Waals surface area contributed by atoms with Crippen LogP contribution in [0.3, 0.4) is 0 Å². The van der Waals surface area contributed by atoms with Crippen molar-refractivity contribution in [2.45, 2.75) is 12.8 Å². The summed E-state index contributed by atoms with van der Waals surface area (Å²) in [5.74, 6) is 0. The van der Waals surface area contributed by atoms with E-state index < -0.39 is 0 Å². The predicted molar refractivity (Wildman–Crippen MR) is 58.6 cm³/mol. The van der Waals surface area contributed by atoms with Gasteiger partial charge in [-0.25, -0.2) is 0 Å². The second-order valence-electron chi connectivity index (χ2n) is 2.18. The minimum Gasteiger partial charge on any atom is -0.358 e. The maximum absolute atomic E-state index is 2.12. The Kier molecular flexibility index (Phi) is 20.2. The van der Waals surface area contributed by atoms with Crippen LogP contribution < -0.4 is 0 Å². The van der Waals surface area contributed by atoms with Crippen LogP contribution in [0.15, 0.2) is 48.6 Å². The zero-order chi connectivity index (χ0) is 7.07. The third kappa shape index (κ3) is 11.7. The largest absolute Gasteiger partial charge is 2.00 e. The molecular formula is C12H18Ti. The molecule has 0 saturated heterocycles. The zero-order valence-corrected chi connectivity index (χ0v) is 10.1. The molecule has 0 aromatic heterocycles. The molecule has 0 unspecified atom stereocenters. The van der Waals surface area contributed by atoms with Crippen LogP contribution in [0.2, 0.25) is 0 Å². The van der Waals surface area contributed by atoms with Gasteiger partial charge in [0.1, 0.15) is 0 Å². The quantitative estimate of drug-likeness (QED) is 0.420. The molecule has 0 aromatic carbocycles. The molecule has 0 radical (unpaired) electrons. The Labute approximate surface area is 98.0 Å². The van der Waals surface area contributed by atoms with Crippen molar-refractivity contribution >= 4 is 0 Å². The fourth-order valence-corrected chi connectivity index (χ4v) is 0.786. The van der Waals surface area contributed by atoms with E-state index >= 15 is 0 Å². The first-order valence-corrected chi connectivity index (χ1v) is 3.63. The third-order valence-electron chi connectivity index (χ3n) is 1.31. The molecule has 0 atom stereocenters. The topological polar surface area (TPSA) is 0 Å². The maximum Gasteiger partial charge on any atom is 2.00 e. The average Bonchev–Trinajstić information content (AvgIpc) is 2.67. The van der Waals surface area contributed by atoms with Gasteiger partial charge < -0.3 is 14.9 Å². The Balaban J connectivity index is -0.000000125. The zero-order valence-electron chi connectivity index (χ0n) is 8.53. The first kappa shape index (κ1) is 18.5. The second-order valence-corrected chi connectivity index (χ2v) is 2.18. The van der Waals surface area contributed by atoms with Gasteiger partial charge in [-0.2, -0.15) is 0 Å². The summed E-state index contributed by atoms with van der Waals surface area (Å²) in [6.07, 6.45) is 19.0. The summed E-state index contributed by atoms with van der Waals surface area (Å²) >= 11 is 0. The second kappa shape index (κ2) is 14.2. The van der Waals surface area contributed by atoms with Crippen LogP contribution in [0.25, 0.3) is 0 Å². The normalized spacial score (nSPS) is 13.5. The van der Waals surface area contributed by atoms with Crippen LogP contribution in [0, 0.1) is 14.9 Å². The van der Waals surface area contributed by atoms with E-state index in [-0.39, 0.29) is 36.6 Å². The van der Waals surface area contributed by atoms with Gasteiger partial charge in [-0.05, 0) is 12.8 Å². The molecular weight excluding hydrogens is 192 g/mol. The van der Waals surface area contributed by atoms with Crippen molar-refractivity contribution < 1.29 is 21.7 Å². The summed E-state index contributed by atoms with van der Waals surface area (Å²) in [4.78, 5) is 0. The fraction of sp³-hybridized carbons (Fsp3) is 0.167. The summed E-state index contributed by atoms with van der Waals surface area (Å²) < 4.78 is 0. The van der Waals surface area contributed by atoms with E-state index in [1.807, 2.05) is 0 Å².